The van der Waals surface area contributed by atoms with Crippen LogP contribution in [-0.2, 0) is 28.4 Å². The highest BCUT2D eigenvalue weighted by molar-refractivity contribution is 6.04. The molecule has 6 aromatic carbocycles. The topological polar surface area (TPSA) is 252 Å². The molecule has 428 valence electrons. The van der Waals surface area contributed by atoms with Crippen LogP contribution in [0.5, 0.6) is 0 Å². The third kappa shape index (κ3) is 13.7. The molecular weight excluding hydrogens is 1090 g/mol. The Morgan fingerprint density at radius 1 is 0.440 bits per heavy atom. The molecule has 0 unspecified atom stereocenters. The van der Waals surface area contributed by atoms with E-state index in [4.69, 9.17) is 28.4 Å². The first-order valence-corrected chi connectivity index (χ1v) is 26.0. The van der Waals surface area contributed by atoms with Gasteiger partial charge in [0, 0.05) is 23.5 Å². The van der Waals surface area contributed by atoms with Gasteiger partial charge in [-0.05, 0) is 98.8 Å². The second-order valence-corrected chi connectivity index (χ2v) is 19.3. The van der Waals surface area contributed by atoms with Crippen LogP contribution in [0.3, 0.4) is 0 Å². The van der Waals surface area contributed by atoms with Gasteiger partial charge in [-0.2, -0.15) is 9.97 Å². The quantitative estimate of drug-likeness (QED) is 0.0680. The summed E-state index contributed by atoms with van der Waals surface area (Å²) >= 11 is 0. The highest BCUT2D eigenvalue weighted by atomic mass is 19.1. The van der Waals surface area contributed by atoms with Crippen LogP contribution in [0.15, 0.2) is 216 Å². The number of rotatable bonds is 16. The molecular formula is C62H52F2N6O14. The number of benzene rings is 6. The normalized spacial score (nSPS) is 21.3. The molecule has 0 saturated carbocycles. The summed E-state index contributed by atoms with van der Waals surface area (Å²) in [6.45, 7) is 1.31. The van der Waals surface area contributed by atoms with Crippen LogP contribution in [0.25, 0.3) is 0 Å². The van der Waals surface area contributed by atoms with Gasteiger partial charge in [-0.1, -0.05) is 109 Å². The Labute approximate surface area is 477 Å². The Balaban J connectivity index is 0.000000202. The Morgan fingerprint density at radius 3 is 1.00 bits per heavy atom. The summed E-state index contributed by atoms with van der Waals surface area (Å²) < 4.78 is 68.4. The smallest absolute Gasteiger partial charge is 0.351 e. The van der Waals surface area contributed by atoms with E-state index in [-0.39, 0.29) is 33.9 Å². The average Bonchev–Trinajstić information content (AvgIpc) is 2.25. The van der Waals surface area contributed by atoms with Gasteiger partial charge in [0.2, 0.25) is 0 Å². The van der Waals surface area contributed by atoms with Crippen LogP contribution in [-0.4, -0.2) is 104 Å². The number of carbonyl (C=O) groups excluding carboxylic acids is 6. The zero-order valence-corrected chi connectivity index (χ0v) is 44.8. The second-order valence-electron chi connectivity index (χ2n) is 19.3. The molecule has 0 spiro atoms. The van der Waals surface area contributed by atoms with Crippen LogP contribution in [0.1, 0.15) is 88.5 Å². The third-order valence-corrected chi connectivity index (χ3v) is 13.3. The van der Waals surface area contributed by atoms with E-state index in [1.165, 1.54) is 48.8 Å². The molecule has 0 aliphatic carbocycles. The minimum atomic E-state index is -2.46. The van der Waals surface area contributed by atoms with Gasteiger partial charge in [0.15, 0.2) is 36.0 Å². The van der Waals surface area contributed by atoms with Gasteiger partial charge < -0.3 is 39.1 Å². The van der Waals surface area contributed by atoms with Gasteiger partial charge in [0.1, 0.15) is 37.1 Å². The Kier molecular flexibility index (Phi) is 18.1. The number of halogens is 2. The predicted molar refractivity (Wildman–Crippen MR) is 297 cm³/mol. The standard InChI is InChI=1S/2C31H26FN3O7/c2*1-31(32)25(42-28(38)22-15-9-4-10-16-22)23(19-40-27(37)21-13-7-3-8-14-21)41-29(31)35-18-17-24(34-30(35)39)33-26(36)20-11-5-2-6-12-20/h2*2-18,23,25,29H,19H2,1H3,(H,33,34,36,39)/t2*23-,25+,29+,31+/m10/s1. The summed E-state index contributed by atoms with van der Waals surface area (Å²) in [5.74, 6) is -4.09. The average molecular weight is 1140 g/mol. The highest BCUT2D eigenvalue weighted by Gasteiger charge is 2.60. The summed E-state index contributed by atoms with van der Waals surface area (Å²) in [7, 11) is 0. The summed E-state index contributed by atoms with van der Waals surface area (Å²) in [6.07, 6.45) is -6.45. The lowest BCUT2D eigenvalue weighted by Gasteiger charge is -2.27. The predicted octanol–water partition coefficient (Wildman–Crippen LogP) is 8.41. The maximum absolute atomic E-state index is 16.5. The summed E-state index contributed by atoms with van der Waals surface area (Å²) in [6, 6.07) is 51.6. The molecule has 8 aromatic rings. The van der Waals surface area contributed by atoms with E-state index in [1.54, 1.807) is 158 Å². The molecule has 2 saturated heterocycles. The first kappa shape index (κ1) is 58.3. The molecule has 2 N–H and O–H groups in total. The number of esters is 4. The van der Waals surface area contributed by atoms with E-state index in [9.17, 15) is 38.4 Å². The highest BCUT2D eigenvalue weighted by Crippen LogP contribution is 2.44. The molecule has 20 nitrogen and oxygen atoms in total. The maximum Gasteiger partial charge on any atom is 0.351 e. The molecule has 0 bridgehead atoms. The molecule has 2 fully saturated rings. The third-order valence-electron chi connectivity index (χ3n) is 13.3. The molecule has 22 heteroatoms. The Bertz CT molecular complexity index is 3500. The Hall–Kier alpha value is -10.3. The van der Waals surface area contributed by atoms with E-state index < -0.39 is 108 Å². The van der Waals surface area contributed by atoms with Crippen LogP contribution in [0, 0.1) is 0 Å². The number of nitrogens with one attached hydrogen (secondary N) is 2. The van der Waals surface area contributed by atoms with Crippen molar-refractivity contribution in [2.24, 2.45) is 0 Å². The molecule has 10 rings (SSSR count). The lowest BCUT2D eigenvalue weighted by atomic mass is 9.98. The lowest BCUT2D eigenvalue weighted by molar-refractivity contribution is -0.0648. The van der Waals surface area contributed by atoms with Gasteiger partial charge in [-0.3, -0.25) is 18.7 Å². The van der Waals surface area contributed by atoms with Crippen molar-refractivity contribution in [1.29, 1.82) is 0 Å². The number of aromatic nitrogens is 4. The number of hydrogen-bond donors (Lipinski definition) is 2. The van der Waals surface area contributed by atoms with Crippen LogP contribution in [0.4, 0.5) is 20.4 Å². The number of hydrogen-bond acceptors (Lipinski definition) is 16. The fourth-order valence-electron chi connectivity index (χ4n) is 9.08. The van der Waals surface area contributed by atoms with Crippen molar-refractivity contribution in [3.63, 3.8) is 0 Å². The van der Waals surface area contributed by atoms with Crippen molar-refractivity contribution in [3.8, 4) is 0 Å². The zero-order valence-electron chi connectivity index (χ0n) is 44.8. The fraction of sp³-hybridized carbons (Fsp3) is 0.194. The fourth-order valence-corrected chi connectivity index (χ4v) is 9.08. The van der Waals surface area contributed by atoms with Gasteiger partial charge in [-0.15, -0.1) is 0 Å². The van der Waals surface area contributed by atoms with Crippen molar-refractivity contribution in [2.75, 3.05) is 23.8 Å². The van der Waals surface area contributed by atoms with Gasteiger partial charge in [-0.25, -0.2) is 37.5 Å². The van der Waals surface area contributed by atoms with E-state index in [1.807, 2.05) is 0 Å². The number of ether oxygens (including phenoxy) is 6. The molecule has 4 heterocycles. The van der Waals surface area contributed by atoms with Gasteiger partial charge in [0.05, 0.1) is 22.3 Å². The van der Waals surface area contributed by atoms with Gasteiger partial charge >= 0.3 is 35.3 Å². The van der Waals surface area contributed by atoms with Crippen LogP contribution < -0.4 is 22.0 Å². The van der Waals surface area contributed by atoms with Crippen molar-refractivity contribution in [3.05, 3.63) is 261 Å². The van der Waals surface area contributed by atoms with Crippen LogP contribution >= 0.6 is 0 Å². The number of amides is 2. The van der Waals surface area contributed by atoms with Crippen molar-refractivity contribution >= 4 is 47.3 Å². The van der Waals surface area contributed by atoms with E-state index >= 15 is 8.78 Å². The van der Waals surface area contributed by atoms with Crippen molar-refractivity contribution in [2.45, 2.75) is 62.1 Å². The molecule has 8 atom stereocenters. The molecule has 2 aromatic heterocycles. The first-order valence-electron chi connectivity index (χ1n) is 26.0. The first-order chi connectivity index (χ1) is 40.5. The summed E-state index contributed by atoms with van der Waals surface area (Å²) in [4.78, 5) is 110. The molecule has 2 aliphatic rings. The second kappa shape index (κ2) is 26.1. The van der Waals surface area contributed by atoms with E-state index in [2.05, 4.69) is 20.6 Å². The summed E-state index contributed by atoms with van der Waals surface area (Å²) in [5.41, 5.74) is -5.19. The number of alkyl halides is 2. The molecule has 84 heavy (non-hydrogen) atoms. The minimum Gasteiger partial charge on any atom is -0.459 e. The van der Waals surface area contributed by atoms with Crippen LogP contribution in [0.2, 0.25) is 0 Å². The summed E-state index contributed by atoms with van der Waals surface area (Å²) in [5, 5.41) is 5.05. The van der Waals surface area contributed by atoms with Gasteiger partial charge in [0.25, 0.3) is 11.8 Å². The number of anilines is 2. The largest absolute Gasteiger partial charge is 0.459 e. The SMILES string of the molecule is C[C@@]1(F)[C@@H](n2ccc(NC(=O)c3ccccc3)nc2=O)O[C@H](COC(=O)c2ccccc2)[C@@H]1OC(=O)c1ccccc1.C[C@@]1(F)[C@H](OC(=O)c2ccccc2)[C@H](COC(=O)c2ccccc2)O[C@H]1n1ccc(NC(=O)c2ccccc2)nc1=O. The van der Waals surface area contributed by atoms with Crippen molar-refractivity contribution in [1.82, 2.24) is 19.1 Å². The Morgan fingerprint density at radius 2 is 0.714 bits per heavy atom. The monoisotopic (exact) mass is 1140 g/mol. The molecule has 2 amide bonds. The zero-order chi connectivity index (χ0) is 59.4. The number of carbonyl (C=O) groups is 6. The molecule has 0 radical (unpaired) electrons. The van der Waals surface area contributed by atoms with E-state index in [0.29, 0.717) is 11.1 Å². The number of nitrogens with zero attached hydrogens (tertiary/aromatic N) is 4. The minimum absolute atomic E-state index is 0.0518. The molecule has 2 aliphatic heterocycles. The maximum atomic E-state index is 16.5. The van der Waals surface area contributed by atoms with Crippen molar-refractivity contribution < 1.29 is 66.0 Å². The lowest BCUT2D eigenvalue weighted by Crippen LogP contribution is -2.45. The van der Waals surface area contributed by atoms with E-state index in [0.717, 1.165) is 23.0 Å².